The van der Waals surface area contributed by atoms with Crippen molar-refractivity contribution in [3.05, 3.63) is 36.0 Å². The minimum atomic E-state index is 0.0397. The summed E-state index contributed by atoms with van der Waals surface area (Å²) in [6.07, 6.45) is 4.49. The second-order valence-electron chi connectivity index (χ2n) is 5.93. The molecule has 9 heteroatoms. The van der Waals surface area contributed by atoms with Crippen molar-refractivity contribution in [3.8, 4) is 11.6 Å². The molecule has 0 saturated carbocycles. The van der Waals surface area contributed by atoms with Crippen molar-refractivity contribution < 1.29 is 9.32 Å². The first-order valence-electron chi connectivity index (χ1n) is 7.75. The van der Waals surface area contributed by atoms with E-state index in [1.165, 1.54) is 0 Å². The van der Waals surface area contributed by atoms with Gasteiger partial charge in [0.1, 0.15) is 5.69 Å². The Morgan fingerprint density at radius 3 is 3.00 bits per heavy atom. The number of nitrogens with zero attached hydrogens (tertiary/aromatic N) is 7. The van der Waals surface area contributed by atoms with Crippen LogP contribution in [0.2, 0.25) is 0 Å². The minimum absolute atomic E-state index is 0.0397. The number of likely N-dealkylation sites (tertiary alicyclic amines) is 1. The maximum absolute atomic E-state index is 12.6. The molecule has 4 rings (SSSR count). The molecule has 3 aromatic rings. The molecule has 0 aromatic carbocycles. The highest BCUT2D eigenvalue weighted by Crippen LogP contribution is 2.24. The van der Waals surface area contributed by atoms with Crippen LogP contribution in [-0.4, -0.2) is 53.6 Å². The summed E-state index contributed by atoms with van der Waals surface area (Å²) in [5, 5.41) is 12.0. The Kier molecular flexibility index (Phi) is 3.40. The molecule has 1 saturated heterocycles. The van der Waals surface area contributed by atoms with Gasteiger partial charge >= 0.3 is 0 Å². The lowest BCUT2D eigenvalue weighted by Crippen LogP contribution is -2.30. The van der Waals surface area contributed by atoms with E-state index >= 15 is 0 Å². The quantitative estimate of drug-likeness (QED) is 0.714. The Morgan fingerprint density at radius 2 is 2.29 bits per heavy atom. The molecule has 0 bridgehead atoms. The van der Waals surface area contributed by atoms with Crippen LogP contribution >= 0.6 is 0 Å². The van der Waals surface area contributed by atoms with Gasteiger partial charge in [0.15, 0.2) is 11.5 Å². The van der Waals surface area contributed by atoms with Crippen LogP contribution in [0.3, 0.4) is 0 Å². The van der Waals surface area contributed by atoms with Gasteiger partial charge in [0, 0.05) is 26.3 Å². The molecule has 1 aliphatic rings. The molecule has 9 nitrogen and oxygen atoms in total. The number of aromatic nitrogens is 6. The van der Waals surface area contributed by atoms with Crippen LogP contribution < -0.4 is 0 Å². The van der Waals surface area contributed by atoms with Crippen LogP contribution in [0, 0.1) is 6.92 Å². The average molecular weight is 327 g/mol. The van der Waals surface area contributed by atoms with Crippen LogP contribution in [0.25, 0.3) is 11.6 Å². The highest BCUT2D eigenvalue weighted by Gasteiger charge is 2.30. The third-order valence-electron chi connectivity index (χ3n) is 4.24. The van der Waals surface area contributed by atoms with Crippen molar-refractivity contribution in [2.45, 2.75) is 19.4 Å². The number of carbonyl (C=O) groups excluding carboxylic acids is 1. The fraction of sp³-hybridized carbons (Fsp3) is 0.400. The fourth-order valence-electron chi connectivity index (χ4n) is 2.94. The molecule has 0 spiro atoms. The Bertz CT molecular complexity index is 878. The minimum Gasteiger partial charge on any atom is -0.347 e. The largest absolute Gasteiger partial charge is 0.347 e. The van der Waals surface area contributed by atoms with Gasteiger partial charge in [-0.25, -0.2) is 4.68 Å². The molecule has 1 amide bonds. The SMILES string of the molecule is Cc1noc(-c2cn([C@H]3CCN(C(=O)c4cccn4C)C3)nn2)n1. The lowest BCUT2D eigenvalue weighted by molar-refractivity contribution is 0.0777. The smallest absolute Gasteiger partial charge is 0.280 e. The molecule has 1 atom stereocenters. The Balaban J connectivity index is 1.48. The van der Waals surface area contributed by atoms with E-state index in [4.69, 9.17) is 4.52 Å². The van der Waals surface area contributed by atoms with Gasteiger partial charge in [-0.1, -0.05) is 10.4 Å². The second kappa shape index (κ2) is 5.59. The van der Waals surface area contributed by atoms with Crippen molar-refractivity contribution in [1.82, 2.24) is 34.6 Å². The van der Waals surface area contributed by atoms with E-state index in [2.05, 4.69) is 20.5 Å². The second-order valence-corrected chi connectivity index (χ2v) is 5.93. The van der Waals surface area contributed by atoms with Crippen LogP contribution in [0.1, 0.15) is 28.8 Å². The lowest BCUT2D eigenvalue weighted by atomic mass is 10.3. The number of carbonyl (C=O) groups is 1. The van der Waals surface area contributed by atoms with Crippen molar-refractivity contribution in [2.24, 2.45) is 7.05 Å². The van der Waals surface area contributed by atoms with Gasteiger partial charge in [-0.2, -0.15) is 4.98 Å². The zero-order valence-electron chi connectivity index (χ0n) is 13.5. The molecule has 24 heavy (non-hydrogen) atoms. The highest BCUT2D eigenvalue weighted by atomic mass is 16.5. The van der Waals surface area contributed by atoms with Crippen molar-refractivity contribution in [1.29, 1.82) is 0 Å². The lowest BCUT2D eigenvalue weighted by Gasteiger charge is -2.16. The molecule has 1 aliphatic heterocycles. The predicted molar refractivity (Wildman–Crippen MR) is 83.0 cm³/mol. The first kappa shape index (κ1) is 14.6. The molecular weight excluding hydrogens is 310 g/mol. The number of hydrogen-bond donors (Lipinski definition) is 0. The van der Waals surface area contributed by atoms with E-state index in [-0.39, 0.29) is 11.9 Å². The normalized spacial score (nSPS) is 17.6. The molecule has 0 unspecified atom stereocenters. The molecular formula is C15H17N7O2. The number of rotatable bonds is 3. The van der Waals surface area contributed by atoms with Crippen molar-refractivity contribution >= 4 is 5.91 Å². The Hall–Kier alpha value is -2.97. The van der Waals surface area contributed by atoms with Gasteiger partial charge in [-0.15, -0.1) is 5.10 Å². The van der Waals surface area contributed by atoms with Gasteiger partial charge in [-0.3, -0.25) is 4.79 Å². The summed E-state index contributed by atoms with van der Waals surface area (Å²) in [4.78, 5) is 18.6. The van der Waals surface area contributed by atoms with Gasteiger partial charge in [0.25, 0.3) is 11.8 Å². The molecule has 124 valence electrons. The third kappa shape index (κ3) is 2.47. The molecule has 3 aromatic heterocycles. The maximum atomic E-state index is 12.6. The molecule has 1 fully saturated rings. The number of aryl methyl sites for hydroxylation is 2. The van der Waals surface area contributed by atoms with Crippen LogP contribution in [-0.2, 0) is 7.05 Å². The summed E-state index contributed by atoms with van der Waals surface area (Å²) in [6.45, 7) is 3.06. The molecule has 0 aliphatic carbocycles. The fourth-order valence-corrected chi connectivity index (χ4v) is 2.94. The molecule has 0 radical (unpaired) electrons. The zero-order valence-corrected chi connectivity index (χ0v) is 13.5. The standard InChI is InChI=1S/C15H17N7O2/c1-10-16-14(24-18-10)12-9-22(19-17-12)11-5-7-21(8-11)15(23)13-4-3-6-20(13)2/h3-4,6,9,11H,5,7-8H2,1-2H3/t11-/m0/s1. The Morgan fingerprint density at radius 1 is 1.42 bits per heavy atom. The topological polar surface area (TPSA) is 94.9 Å². The van der Waals surface area contributed by atoms with E-state index in [9.17, 15) is 4.79 Å². The first-order chi connectivity index (χ1) is 11.6. The average Bonchev–Trinajstić information content (AvgIpc) is 3.33. The van der Waals surface area contributed by atoms with Gasteiger partial charge < -0.3 is 14.0 Å². The van der Waals surface area contributed by atoms with E-state index < -0.39 is 0 Å². The van der Waals surface area contributed by atoms with Crippen LogP contribution in [0.15, 0.2) is 29.0 Å². The van der Waals surface area contributed by atoms with Crippen molar-refractivity contribution in [2.75, 3.05) is 13.1 Å². The monoisotopic (exact) mass is 327 g/mol. The summed E-state index contributed by atoms with van der Waals surface area (Å²) in [5.74, 6) is 0.950. The zero-order chi connectivity index (χ0) is 16.7. The van der Waals surface area contributed by atoms with E-state index in [0.717, 1.165) is 6.42 Å². The molecule has 4 heterocycles. The third-order valence-corrected chi connectivity index (χ3v) is 4.24. The summed E-state index contributed by atoms with van der Waals surface area (Å²) in [7, 11) is 1.87. The summed E-state index contributed by atoms with van der Waals surface area (Å²) >= 11 is 0. The van der Waals surface area contributed by atoms with Crippen LogP contribution in [0.5, 0.6) is 0 Å². The van der Waals surface area contributed by atoms with Crippen molar-refractivity contribution in [3.63, 3.8) is 0 Å². The number of amides is 1. The van der Waals surface area contributed by atoms with Crippen LogP contribution in [0.4, 0.5) is 0 Å². The summed E-state index contributed by atoms with van der Waals surface area (Å²) < 4.78 is 8.71. The first-order valence-corrected chi connectivity index (χ1v) is 7.75. The Labute approximate surface area is 137 Å². The van der Waals surface area contributed by atoms with E-state index in [1.54, 1.807) is 17.8 Å². The number of hydrogen-bond acceptors (Lipinski definition) is 6. The summed E-state index contributed by atoms with van der Waals surface area (Å²) in [5.41, 5.74) is 1.24. The van der Waals surface area contributed by atoms with Gasteiger partial charge in [-0.05, 0) is 25.5 Å². The molecule has 0 N–H and O–H groups in total. The van der Waals surface area contributed by atoms with Gasteiger partial charge in [0.2, 0.25) is 0 Å². The van der Waals surface area contributed by atoms with E-state index in [1.807, 2.05) is 34.8 Å². The van der Waals surface area contributed by atoms with E-state index in [0.29, 0.717) is 36.2 Å². The highest BCUT2D eigenvalue weighted by molar-refractivity contribution is 5.92. The van der Waals surface area contributed by atoms with Gasteiger partial charge in [0.05, 0.1) is 12.2 Å². The summed E-state index contributed by atoms with van der Waals surface area (Å²) in [6, 6.07) is 3.80. The maximum Gasteiger partial charge on any atom is 0.280 e. The predicted octanol–water partition coefficient (Wildman–Crippen LogP) is 1.06.